The molecular weight excluding hydrogens is 393 g/mol. The first-order valence-corrected chi connectivity index (χ1v) is 10.8. The minimum atomic E-state index is -0.232. The molecule has 1 atom stereocenters. The van der Waals surface area contributed by atoms with Gasteiger partial charge in [-0.1, -0.05) is 24.3 Å². The Labute approximate surface area is 184 Å². The van der Waals surface area contributed by atoms with Crippen molar-refractivity contribution in [2.75, 3.05) is 38.6 Å². The van der Waals surface area contributed by atoms with Crippen LogP contribution in [-0.4, -0.2) is 50.5 Å². The molecule has 0 saturated carbocycles. The van der Waals surface area contributed by atoms with Crippen LogP contribution in [0, 0.1) is 5.82 Å². The molecule has 2 aromatic carbocycles. The third kappa shape index (κ3) is 6.28. The van der Waals surface area contributed by atoms with E-state index in [4.69, 9.17) is 4.99 Å². The molecule has 1 heterocycles. The average molecular weight is 426 g/mol. The van der Waals surface area contributed by atoms with Crippen molar-refractivity contribution in [2.45, 2.75) is 32.4 Å². The summed E-state index contributed by atoms with van der Waals surface area (Å²) < 4.78 is 13.3. The van der Waals surface area contributed by atoms with Gasteiger partial charge in [-0.05, 0) is 62.8 Å². The van der Waals surface area contributed by atoms with Crippen LogP contribution in [0.5, 0.6) is 0 Å². The molecule has 1 fully saturated rings. The molecule has 0 spiro atoms. The van der Waals surface area contributed by atoms with Gasteiger partial charge < -0.3 is 20.4 Å². The van der Waals surface area contributed by atoms with Crippen molar-refractivity contribution in [1.29, 1.82) is 0 Å². The van der Waals surface area contributed by atoms with Crippen LogP contribution in [0.4, 0.5) is 10.1 Å². The molecule has 166 valence electrons. The number of anilines is 1. The summed E-state index contributed by atoms with van der Waals surface area (Å²) in [6.07, 6.45) is 1.56. The van der Waals surface area contributed by atoms with Crippen molar-refractivity contribution in [3.63, 3.8) is 0 Å². The van der Waals surface area contributed by atoms with Gasteiger partial charge in [-0.2, -0.15) is 0 Å². The van der Waals surface area contributed by atoms with Crippen molar-refractivity contribution < 1.29 is 9.18 Å². The summed E-state index contributed by atoms with van der Waals surface area (Å²) in [6.45, 7) is 4.76. The molecule has 1 aliphatic rings. The van der Waals surface area contributed by atoms with E-state index < -0.39 is 0 Å². The van der Waals surface area contributed by atoms with E-state index in [1.807, 2.05) is 62.3 Å². The van der Waals surface area contributed by atoms with Crippen molar-refractivity contribution in [3.05, 3.63) is 65.5 Å². The van der Waals surface area contributed by atoms with Crippen molar-refractivity contribution in [2.24, 2.45) is 4.99 Å². The van der Waals surface area contributed by atoms with E-state index in [0.29, 0.717) is 19.5 Å². The van der Waals surface area contributed by atoms with Crippen LogP contribution in [0.3, 0.4) is 0 Å². The summed E-state index contributed by atoms with van der Waals surface area (Å²) in [5.41, 5.74) is 3.07. The molecule has 2 N–H and O–H groups in total. The minimum Gasteiger partial charge on any atom is -0.357 e. The molecule has 1 unspecified atom stereocenters. The molecule has 0 bridgehead atoms. The molecule has 31 heavy (non-hydrogen) atoms. The van der Waals surface area contributed by atoms with Crippen LogP contribution >= 0.6 is 0 Å². The molecule has 0 radical (unpaired) electrons. The van der Waals surface area contributed by atoms with Gasteiger partial charge in [-0.25, -0.2) is 9.38 Å². The van der Waals surface area contributed by atoms with Gasteiger partial charge in [0.15, 0.2) is 5.96 Å². The number of hydrogen-bond donors (Lipinski definition) is 2. The quantitative estimate of drug-likeness (QED) is 0.503. The fourth-order valence-corrected chi connectivity index (χ4v) is 3.69. The number of hydrogen-bond acceptors (Lipinski definition) is 3. The van der Waals surface area contributed by atoms with E-state index in [-0.39, 0.29) is 17.8 Å². The number of nitrogens with one attached hydrogen (secondary N) is 2. The minimum absolute atomic E-state index is 0.0849. The number of halogens is 1. The molecule has 2 aromatic rings. The van der Waals surface area contributed by atoms with E-state index in [1.165, 1.54) is 12.1 Å². The van der Waals surface area contributed by atoms with Gasteiger partial charge in [-0.15, -0.1) is 0 Å². The average Bonchev–Trinajstić information content (AvgIpc) is 3.19. The van der Waals surface area contributed by atoms with E-state index in [2.05, 4.69) is 15.5 Å². The number of aliphatic imine (C=N–C) groups is 1. The van der Waals surface area contributed by atoms with Gasteiger partial charge in [0.1, 0.15) is 5.82 Å². The summed E-state index contributed by atoms with van der Waals surface area (Å²) in [4.78, 5) is 20.5. The zero-order valence-corrected chi connectivity index (χ0v) is 18.6. The van der Waals surface area contributed by atoms with Gasteiger partial charge in [0.05, 0.1) is 12.6 Å². The summed E-state index contributed by atoms with van der Waals surface area (Å²) in [7, 11) is 4.01. The Kier molecular flexibility index (Phi) is 8.00. The monoisotopic (exact) mass is 425 g/mol. The number of amides is 1. The first-order chi connectivity index (χ1) is 15.0. The Morgan fingerprint density at radius 2 is 1.84 bits per heavy atom. The highest BCUT2D eigenvalue weighted by atomic mass is 19.1. The normalized spacial score (nSPS) is 15.5. The smallest absolute Gasteiger partial charge is 0.227 e. The Balaban J connectivity index is 1.62. The Morgan fingerprint density at radius 3 is 2.42 bits per heavy atom. The number of rotatable bonds is 8. The van der Waals surface area contributed by atoms with Crippen molar-refractivity contribution in [1.82, 2.24) is 15.5 Å². The summed E-state index contributed by atoms with van der Waals surface area (Å²) in [6, 6.07) is 14.7. The number of carbonyl (C=O) groups is 1. The Hall–Kier alpha value is -2.93. The van der Waals surface area contributed by atoms with Crippen LogP contribution in [0.25, 0.3) is 0 Å². The molecule has 1 saturated heterocycles. The zero-order chi connectivity index (χ0) is 22.2. The van der Waals surface area contributed by atoms with Crippen molar-refractivity contribution in [3.8, 4) is 0 Å². The highest BCUT2D eigenvalue weighted by molar-refractivity contribution is 5.95. The summed E-state index contributed by atoms with van der Waals surface area (Å²) >= 11 is 0. The van der Waals surface area contributed by atoms with Gasteiger partial charge in [0, 0.05) is 31.7 Å². The van der Waals surface area contributed by atoms with Crippen LogP contribution in [0.1, 0.15) is 36.9 Å². The lowest BCUT2D eigenvalue weighted by atomic mass is 10.1. The molecular formula is C24H32FN5O. The third-order valence-electron chi connectivity index (χ3n) is 5.43. The van der Waals surface area contributed by atoms with Gasteiger partial charge in [-0.3, -0.25) is 4.79 Å². The highest BCUT2D eigenvalue weighted by Gasteiger charge is 2.21. The lowest BCUT2D eigenvalue weighted by Crippen LogP contribution is -2.41. The van der Waals surface area contributed by atoms with E-state index in [9.17, 15) is 9.18 Å². The van der Waals surface area contributed by atoms with Gasteiger partial charge in [0.25, 0.3) is 0 Å². The topological polar surface area (TPSA) is 60.0 Å². The van der Waals surface area contributed by atoms with E-state index >= 15 is 0 Å². The van der Waals surface area contributed by atoms with Crippen molar-refractivity contribution >= 4 is 17.6 Å². The van der Waals surface area contributed by atoms with Crippen LogP contribution in [0.15, 0.2) is 53.5 Å². The molecule has 6 nitrogen and oxygen atoms in total. The summed E-state index contributed by atoms with van der Waals surface area (Å²) in [5, 5.41) is 6.68. The molecule has 3 rings (SSSR count). The van der Waals surface area contributed by atoms with Crippen LogP contribution in [0.2, 0.25) is 0 Å². The highest BCUT2D eigenvalue weighted by Crippen LogP contribution is 2.22. The fraction of sp³-hybridized carbons (Fsp3) is 0.417. The van der Waals surface area contributed by atoms with Gasteiger partial charge >= 0.3 is 0 Å². The first kappa shape index (κ1) is 22.7. The number of carbonyl (C=O) groups excluding carboxylic acids is 1. The maximum atomic E-state index is 13.3. The summed E-state index contributed by atoms with van der Waals surface area (Å²) in [5.74, 6) is 0.695. The van der Waals surface area contributed by atoms with E-state index in [0.717, 1.165) is 42.3 Å². The second-order valence-electron chi connectivity index (χ2n) is 7.92. The molecule has 1 amide bonds. The third-order valence-corrected chi connectivity index (χ3v) is 5.43. The first-order valence-electron chi connectivity index (χ1n) is 10.8. The predicted octanol–water partition coefficient (Wildman–Crippen LogP) is 3.31. The Bertz CT molecular complexity index is 880. The predicted molar refractivity (Wildman–Crippen MR) is 124 cm³/mol. The second kappa shape index (κ2) is 10.9. The standard InChI is InChI=1S/C24H32FN5O/c1-4-26-24(28-17-22(29(2)3)19-9-11-20(25)12-10-19)27-16-18-7-13-21(14-8-18)30-15-5-6-23(30)31/h7-14,22H,4-6,15-17H2,1-3H3,(H2,26,27,28). The lowest BCUT2D eigenvalue weighted by molar-refractivity contribution is -0.117. The fourth-order valence-electron chi connectivity index (χ4n) is 3.69. The van der Waals surface area contributed by atoms with Crippen LogP contribution < -0.4 is 15.5 Å². The molecule has 0 aliphatic carbocycles. The lowest BCUT2D eigenvalue weighted by Gasteiger charge is -2.26. The van der Waals surface area contributed by atoms with Crippen LogP contribution in [-0.2, 0) is 11.3 Å². The number of benzene rings is 2. The number of likely N-dealkylation sites (N-methyl/N-ethyl adjacent to an activating group) is 1. The maximum Gasteiger partial charge on any atom is 0.227 e. The zero-order valence-electron chi connectivity index (χ0n) is 18.6. The number of guanidine groups is 1. The Morgan fingerprint density at radius 1 is 1.13 bits per heavy atom. The van der Waals surface area contributed by atoms with Gasteiger partial charge in [0.2, 0.25) is 5.91 Å². The largest absolute Gasteiger partial charge is 0.357 e. The molecule has 7 heteroatoms. The maximum absolute atomic E-state index is 13.3. The molecule has 0 aromatic heterocycles. The second-order valence-corrected chi connectivity index (χ2v) is 7.92. The number of nitrogens with zero attached hydrogens (tertiary/aromatic N) is 3. The molecule has 1 aliphatic heterocycles. The van der Waals surface area contributed by atoms with E-state index in [1.54, 1.807) is 0 Å². The SMILES string of the molecule is CCNC(=NCc1ccc(N2CCCC2=O)cc1)NCC(c1ccc(F)cc1)N(C)C.